The summed E-state index contributed by atoms with van der Waals surface area (Å²) in [6.45, 7) is 7.44. The van der Waals surface area contributed by atoms with Crippen molar-refractivity contribution in [2.24, 2.45) is 0 Å². The smallest absolute Gasteiger partial charge is 0.278 e. The van der Waals surface area contributed by atoms with E-state index in [1.54, 1.807) is 10.9 Å². The van der Waals surface area contributed by atoms with Gasteiger partial charge in [-0.1, -0.05) is 24.3 Å². The fourth-order valence-electron chi connectivity index (χ4n) is 3.92. The molecule has 0 aliphatic heterocycles. The standard InChI is InChI=1S/C25H24N6O2/c1-16-8-9-19(12-17(16)2)24-23(26-15-33-24)25(32)29-20-13-27-30(14-20)10-11-31-18(3)28-21-6-4-5-7-22(21)31/h4-9,12-15H,10-11H2,1-3H3,(H,29,32). The van der Waals surface area contributed by atoms with Gasteiger partial charge in [-0.25, -0.2) is 9.97 Å². The Hall–Kier alpha value is -4.20. The molecule has 8 heteroatoms. The van der Waals surface area contributed by atoms with Gasteiger partial charge < -0.3 is 14.3 Å². The van der Waals surface area contributed by atoms with Crippen molar-refractivity contribution in [3.8, 4) is 11.3 Å². The van der Waals surface area contributed by atoms with Gasteiger partial charge in [0.25, 0.3) is 5.91 Å². The molecule has 0 fully saturated rings. The zero-order valence-corrected chi connectivity index (χ0v) is 18.7. The van der Waals surface area contributed by atoms with E-state index in [1.165, 1.54) is 12.0 Å². The number of carbonyl (C=O) groups excluding carboxylic acids is 1. The summed E-state index contributed by atoms with van der Waals surface area (Å²) in [7, 11) is 0. The van der Waals surface area contributed by atoms with Crippen molar-refractivity contribution in [3.05, 3.63) is 83.9 Å². The zero-order valence-electron chi connectivity index (χ0n) is 18.7. The van der Waals surface area contributed by atoms with E-state index in [2.05, 4.69) is 31.0 Å². The summed E-state index contributed by atoms with van der Waals surface area (Å²) in [4.78, 5) is 21.6. The van der Waals surface area contributed by atoms with Gasteiger partial charge in [0.1, 0.15) is 5.82 Å². The summed E-state index contributed by atoms with van der Waals surface area (Å²) in [6, 6.07) is 14.0. The van der Waals surface area contributed by atoms with E-state index >= 15 is 0 Å². The maximum atomic E-state index is 12.9. The maximum Gasteiger partial charge on any atom is 0.278 e. The molecule has 0 saturated heterocycles. The van der Waals surface area contributed by atoms with Gasteiger partial charge in [-0.3, -0.25) is 9.48 Å². The van der Waals surface area contributed by atoms with Crippen LogP contribution in [0.5, 0.6) is 0 Å². The monoisotopic (exact) mass is 440 g/mol. The molecule has 0 atom stereocenters. The molecule has 0 unspecified atom stereocenters. The number of rotatable bonds is 6. The van der Waals surface area contributed by atoms with Crippen LogP contribution in [0.3, 0.4) is 0 Å². The molecule has 0 radical (unpaired) electrons. The van der Waals surface area contributed by atoms with Crippen LogP contribution in [0.25, 0.3) is 22.4 Å². The van der Waals surface area contributed by atoms with Crippen molar-refractivity contribution in [2.75, 3.05) is 5.32 Å². The molecular weight excluding hydrogens is 416 g/mol. The van der Waals surface area contributed by atoms with E-state index < -0.39 is 0 Å². The van der Waals surface area contributed by atoms with Gasteiger partial charge in [0.05, 0.1) is 29.5 Å². The van der Waals surface area contributed by atoms with Crippen LogP contribution in [0.2, 0.25) is 0 Å². The Labute approximate surface area is 190 Å². The summed E-state index contributed by atoms with van der Waals surface area (Å²) in [5.74, 6) is 1.07. The first-order valence-corrected chi connectivity index (χ1v) is 10.8. The lowest BCUT2D eigenvalue weighted by Gasteiger charge is -2.07. The minimum absolute atomic E-state index is 0.242. The lowest BCUT2D eigenvalue weighted by atomic mass is 10.0. The highest BCUT2D eigenvalue weighted by Crippen LogP contribution is 2.26. The lowest BCUT2D eigenvalue weighted by Crippen LogP contribution is -2.13. The molecule has 5 rings (SSSR count). The molecule has 0 aliphatic carbocycles. The number of hydrogen-bond donors (Lipinski definition) is 1. The molecule has 1 N–H and O–H groups in total. The highest BCUT2D eigenvalue weighted by molar-refractivity contribution is 6.06. The molecule has 3 heterocycles. The van der Waals surface area contributed by atoms with E-state index in [-0.39, 0.29) is 11.6 Å². The molecule has 8 nitrogen and oxygen atoms in total. The number of nitrogens with zero attached hydrogens (tertiary/aromatic N) is 5. The summed E-state index contributed by atoms with van der Waals surface area (Å²) in [5, 5.41) is 7.26. The van der Waals surface area contributed by atoms with Crippen LogP contribution < -0.4 is 5.32 Å². The Balaban J connectivity index is 1.29. The molecule has 0 spiro atoms. The van der Waals surface area contributed by atoms with E-state index in [4.69, 9.17) is 4.42 Å². The number of para-hydroxylation sites is 2. The van der Waals surface area contributed by atoms with Crippen LogP contribution in [-0.2, 0) is 13.1 Å². The minimum atomic E-state index is -0.340. The highest BCUT2D eigenvalue weighted by Gasteiger charge is 2.19. The average Bonchev–Trinajstić information content (AvgIpc) is 3.52. The number of benzene rings is 2. The molecule has 0 aliphatic rings. The third-order valence-corrected chi connectivity index (χ3v) is 5.84. The number of imidazole rings is 1. The summed E-state index contributed by atoms with van der Waals surface area (Å²) in [5.41, 5.74) is 6.04. The molecule has 3 aromatic heterocycles. The van der Waals surface area contributed by atoms with Crippen molar-refractivity contribution in [1.29, 1.82) is 0 Å². The molecular formula is C25H24N6O2. The SMILES string of the molecule is Cc1ccc(-c2ocnc2C(=O)Nc2cnn(CCn3c(C)nc4ccccc43)c2)cc1C. The number of fused-ring (bicyclic) bond motifs is 1. The highest BCUT2D eigenvalue weighted by atomic mass is 16.3. The van der Waals surface area contributed by atoms with Crippen LogP contribution in [0.15, 0.2) is 65.7 Å². The van der Waals surface area contributed by atoms with Gasteiger partial charge in [0.2, 0.25) is 0 Å². The number of hydrogen-bond acceptors (Lipinski definition) is 5. The maximum absolute atomic E-state index is 12.9. The molecule has 0 bridgehead atoms. The predicted octanol–water partition coefficient (Wildman–Crippen LogP) is 4.77. The number of nitrogens with one attached hydrogen (secondary N) is 1. The number of amides is 1. The van der Waals surface area contributed by atoms with Crippen molar-refractivity contribution in [3.63, 3.8) is 0 Å². The Kier molecular flexibility index (Phi) is 5.26. The van der Waals surface area contributed by atoms with E-state index in [9.17, 15) is 4.79 Å². The topological polar surface area (TPSA) is 90.8 Å². The van der Waals surface area contributed by atoms with Crippen LogP contribution >= 0.6 is 0 Å². The predicted molar refractivity (Wildman–Crippen MR) is 126 cm³/mol. The van der Waals surface area contributed by atoms with E-state index in [0.717, 1.165) is 34.5 Å². The van der Waals surface area contributed by atoms with Gasteiger partial charge in [-0.05, 0) is 50.1 Å². The first kappa shape index (κ1) is 20.7. The molecule has 5 aromatic rings. The Morgan fingerprint density at radius 2 is 1.91 bits per heavy atom. The van der Waals surface area contributed by atoms with Gasteiger partial charge in [-0.2, -0.15) is 5.10 Å². The largest absolute Gasteiger partial charge is 0.443 e. The number of aryl methyl sites for hydroxylation is 5. The zero-order chi connectivity index (χ0) is 22.9. The number of oxazole rings is 1. The lowest BCUT2D eigenvalue weighted by molar-refractivity contribution is 0.102. The Morgan fingerprint density at radius 1 is 1.06 bits per heavy atom. The summed E-state index contributed by atoms with van der Waals surface area (Å²) in [6.07, 6.45) is 4.73. The van der Waals surface area contributed by atoms with Crippen LogP contribution in [0, 0.1) is 20.8 Å². The first-order chi connectivity index (χ1) is 16.0. The number of anilines is 1. The molecule has 1 amide bonds. The van der Waals surface area contributed by atoms with E-state index in [0.29, 0.717) is 18.0 Å². The first-order valence-electron chi connectivity index (χ1n) is 10.8. The van der Waals surface area contributed by atoms with Gasteiger partial charge >= 0.3 is 0 Å². The third kappa shape index (κ3) is 4.03. The number of carbonyl (C=O) groups is 1. The van der Waals surface area contributed by atoms with Crippen LogP contribution in [0.4, 0.5) is 5.69 Å². The van der Waals surface area contributed by atoms with Crippen LogP contribution in [-0.4, -0.2) is 30.2 Å². The summed E-state index contributed by atoms with van der Waals surface area (Å²) >= 11 is 0. The fourth-order valence-corrected chi connectivity index (χ4v) is 3.92. The second-order valence-electron chi connectivity index (χ2n) is 8.07. The quantitative estimate of drug-likeness (QED) is 0.411. The summed E-state index contributed by atoms with van der Waals surface area (Å²) < 4.78 is 9.50. The van der Waals surface area contributed by atoms with Crippen molar-refractivity contribution >= 4 is 22.6 Å². The molecule has 2 aromatic carbocycles. The molecule has 33 heavy (non-hydrogen) atoms. The second kappa shape index (κ2) is 8.38. The minimum Gasteiger partial charge on any atom is -0.443 e. The van der Waals surface area contributed by atoms with Crippen molar-refractivity contribution in [1.82, 2.24) is 24.3 Å². The Bertz CT molecular complexity index is 1460. The van der Waals surface area contributed by atoms with Gasteiger partial charge in [0.15, 0.2) is 17.8 Å². The molecule has 0 saturated carbocycles. The van der Waals surface area contributed by atoms with Gasteiger partial charge in [-0.15, -0.1) is 0 Å². The van der Waals surface area contributed by atoms with Crippen LogP contribution in [0.1, 0.15) is 27.4 Å². The average molecular weight is 441 g/mol. The third-order valence-electron chi connectivity index (χ3n) is 5.84. The van der Waals surface area contributed by atoms with E-state index in [1.807, 2.05) is 63.4 Å². The normalized spacial score (nSPS) is 11.2. The van der Waals surface area contributed by atoms with Gasteiger partial charge in [0, 0.05) is 18.3 Å². The number of aromatic nitrogens is 5. The fraction of sp³-hybridized carbons (Fsp3) is 0.200. The Morgan fingerprint density at radius 3 is 2.76 bits per heavy atom. The molecule has 166 valence electrons. The van der Waals surface area contributed by atoms with Crippen molar-refractivity contribution in [2.45, 2.75) is 33.9 Å². The van der Waals surface area contributed by atoms with Crippen molar-refractivity contribution < 1.29 is 9.21 Å². The second-order valence-corrected chi connectivity index (χ2v) is 8.07.